The molecule has 1 fully saturated rings. The number of rotatable bonds is 13. The molecule has 4 rings (SSSR count). The van der Waals surface area contributed by atoms with Crippen molar-refractivity contribution >= 4 is 29.3 Å². The van der Waals surface area contributed by atoms with Crippen molar-refractivity contribution in [3.05, 3.63) is 30.6 Å². The number of benzene rings is 1. The number of aromatic nitrogens is 4. The van der Waals surface area contributed by atoms with Gasteiger partial charge in [0.2, 0.25) is 14.2 Å². The molecule has 11 nitrogen and oxygen atoms in total. The number of hydrogen-bond donors (Lipinski definition) is 1. The molecule has 1 saturated heterocycles. The first-order chi connectivity index (χ1) is 20.1. The zero-order valence-corrected chi connectivity index (χ0v) is 28.2. The van der Waals surface area contributed by atoms with Crippen LogP contribution in [-0.2, 0) is 19.6 Å². The molecule has 1 N–H and O–H groups in total. The van der Waals surface area contributed by atoms with Gasteiger partial charge < -0.3 is 18.6 Å². The van der Waals surface area contributed by atoms with Gasteiger partial charge in [0, 0.05) is 18.6 Å². The van der Waals surface area contributed by atoms with Crippen molar-refractivity contribution < 1.29 is 31.6 Å². The van der Waals surface area contributed by atoms with Crippen molar-refractivity contribution in [3.8, 4) is 23.0 Å². The van der Waals surface area contributed by atoms with Gasteiger partial charge in [-0.15, -0.1) is 0 Å². The molecule has 0 radical (unpaired) electrons. The summed E-state index contributed by atoms with van der Waals surface area (Å²) in [5.74, 6) is 0.650. The molecule has 1 aliphatic rings. The summed E-state index contributed by atoms with van der Waals surface area (Å²) in [5, 5.41) is 5.96. The zero-order valence-electron chi connectivity index (χ0n) is 26.4. The summed E-state index contributed by atoms with van der Waals surface area (Å²) in [4.78, 5) is 9.12. The van der Waals surface area contributed by atoms with Gasteiger partial charge in [-0.1, -0.05) is 27.7 Å². The Bertz CT molecular complexity index is 1480. The van der Waals surface area contributed by atoms with Crippen LogP contribution in [0.1, 0.15) is 66.5 Å². The fraction of sp³-hybridized carbons (Fsp3) is 0.633. The van der Waals surface area contributed by atoms with Crippen molar-refractivity contribution in [2.75, 3.05) is 25.6 Å². The first-order valence-electron chi connectivity index (χ1n) is 15.0. The monoisotopic (exact) mass is 634 g/mol. The fourth-order valence-electron chi connectivity index (χ4n) is 4.65. The van der Waals surface area contributed by atoms with Gasteiger partial charge in [0.15, 0.2) is 6.23 Å². The Hall–Kier alpha value is -2.58. The summed E-state index contributed by atoms with van der Waals surface area (Å²) in [7, 11) is -6.06. The van der Waals surface area contributed by atoms with Crippen LogP contribution >= 0.6 is 0 Å². The summed E-state index contributed by atoms with van der Waals surface area (Å²) in [6, 6.07) is 6.12. The van der Waals surface area contributed by atoms with E-state index in [0.29, 0.717) is 36.9 Å². The third-order valence-corrected chi connectivity index (χ3v) is 13.5. The molecule has 43 heavy (non-hydrogen) atoms. The van der Waals surface area contributed by atoms with Gasteiger partial charge in [-0.25, -0.2) is 9.67 Å². The van der Waals surface area contributed by atoms with Crippen LogP contribution in [0.2, 0.25) is 18.1 Å². The molecule has 0 aliphatic carbocycles. The van der Waals surface area contributed by atoms with E-state index in [-0.39, 0.29) is 35.6 Å². The van der Waals surface area contributed by atoms with E-state index in [9.17, 15) is 8.42 Å². The van der Waals surface area contributed by atoms with Crippen LogP contribution in [0.5, 0.6) is 11.6 Å². The highest BCUT2D eigenvalue weighted by Crippen LogP contribution is 2.39. The van der Waals surface area contributed by atoms with Gasteiger partial charge >= 0.3 is 0 Å². The lowest BCUT2D eigenvalue weighted by atomic mass is 10.1. The molecule has 13 heteroatoms. The third-order valence-electron chi connectivity index (χ3n) is 8.11. The van der Waals surface area contributed by atoms with E-state index < -0.39 is 18.4 Å². The average molecular weight is 635 g/mol. The van der Waals surface area contributed by atoms with Crippen LogP contribution in [-0.4, -0.2) is 72.7 Å². The Labute approximate surface area is 256 Å². The van der Waals surface area contributed by atoms with E-state index in [0.717, 1.165) is 35.9 Å². The van der Waals surface area contributed by atoms with Gasteiger partial charge in [-0.3, -0.25) is 9.54 Å². The highest BCUT2D eigenvalue weighted by molar-refractivity contribution is 7.85. The van der Waals surface area contributed by atoms with E-state index in [4.69, 9.17) is 33.3 Å². The maximum absolute atomic E-state index is 11.1. The number of ether oxygens (including phenoxy) is 3. The molecular formula is C30H46N4O7SSi. The van der Waals surface area contributed by atoms with Crippen molar-refractivity contribution in [2.45, 2.75) is 90.8 Å². The van der Waals surface area contributed by atoms with Gasteiger partial charge in [0.1, 0.15) is 23.7 Å². The average Bonchev–Trinajstić information content (AvgIpc) is 3.29. The van der Waals surface area contributed by atoms with Crippen molar-refractivity contribution in [3.63, 3.8) is 0 Å². The smallest absolute Gasteiger partial charge is 0.265 e. The van der Waals surface area contributed by atoms with E-state index >= 15 is 0 Å². The fourth-order valence-corrected chi connectivity index (χ4v) is 6.56. The molecule has 1 aromatic carbocycles. The summed E-state index contributed by atoms with van der Waals surface area (Å²) in [6.07, 6.45) is 6.34. The number of fused-ring (bicyclic) bond motifs is 1. The first-order valence-corrected chi connectivity index (χ1v) is 19.5. The van der Waals surface area contributed by atoms with Crippen molar-refractivity contribution in [1.82, 2.24) is 19.7 Å². The van der Waals surface area contributed by atoms with Crippen LogP contribution < -0.4 is 9.16 Å². The summed E-state index contributed by atoms with van der Waals surface area (Å²) in [5.41, 5.74) is 2.21. The summed E-state index contributed by atoms with van der Waals surface area (Å²) >= 11 is 0. The SMILES string of the molecule is CC(CCOC(C)COc1cncc(-c2nn(C3CCCCO3)c3ccc(O[Si](C)(C)C(C)(C)C)cc23)n1)CS(=O)(=O)O. The Kier molecular flexibility index (Phi) is 10.5. The van der Waals surface area contributed by atoms with Crippen LogP contribution in [0, 0.1) is 5.92 Å². The number of hydrogen-bond acceptors (Lipinski definition) is 9. The van der Waals surface area contributed by atoms with Crippen LogP contribution in [0.3, 0.4) is 0 Å². The first kappa shape index (κ1) is 33.3. The van der Waals surface area contributed by atoms with Crippen molar-refractivity contribution in [2.24, 2.45) is 5.92 Å². The normalized spacial score (nSPS) is 18.0. The minimum atomic E-state index is -4.00. The van der Waals surface area contributed by atoms with Gasteiger partial charge in [-0.05, 0) is 74.9 Å². The molecule has 3 aromatic rings. The summed E-state index contributed by atoms with van der Waals surface area (Å²) < 4.78 is 57.5. The lowest BCUT2D eigenvalue weighted by Gasteiger charge is -2.36. The Morgan fingerprint density at radius 3 is 2.63 bits per heavy atom. The predicted molar refractivity (Wildman–Crippen MR) is 169 cm³/mol. The largest absolute Gasteiger partial charge is 0.543 e. The molecule has 0 saturated carbocycles. The van der Waals surface area contributed by atoms with Crippen LogP contribution in [0.25, 0.3) is 22.3 Å². The molecule has 3 heterocycles. The Morgan fingerprint density at radius 2 is 1.95 bits per heavy atom. The molecule has 1 aliphatic heterocycles. The molecule has 0 spiro atoms. The highest BCUT2D eigenvalue weighted by atomic mass is 32.2. The predicted octanol–water partition coefficient (Wildman–Crippen LogP) is 6.27. The van der Waals surface area contributed by atoms with E-state index in [1.165, 1.54) is 0 Å². The molecule has 2 aromatic heterocycles. The number of nitrogens with zero attached hydrogens (tertiary/aromatic N) is 4. The van der Waals surface area contributed by atoms with Crippen LogP contribution in [0.4, 0.5) is 0 Å². The molecule has 3 atom stereocenters. The second-order valence-corrected chi connectivity index (χ2v) is 19.3. The minimum Gasteiger partial charge on any atom is -0.543 e. The standard InChI is InChI=1S/C30H46N4O7SSi/c1-21(20-42(35,36)37)13-15-38-22(2)19-40-27-18-31-17-25(32-27)29-24-16-23(41-43(6,7)30(3,4)5)11-12-26(24)34(33-29)28-10-8-9-14-39-28/h11-12,16-18,21-22,28H,8-10,13-15,19-20H2,1-7H3,(H,35,36,37). The van der Waals surface area contributed by atoms with Gasteiger partial charge in [0.05, 0.1) is 29.8 Å². The third kappa shape index (κ3) is 8.97. The maximum atomic E-state index is 11.1. The van der Waals surface area contributed by atoms with E-state index in [1.807, 2.05) is 23.7 Å². The molecule has 0 bridgehead atoms. The lowest BCUT2D eigenvalue weighted by Crippen LogP contribution is -2.43. The molecule has 3 unspecified atom stereocenters. The minimum absolute atomic E-state index is 0.0568. The maximum Gasteiger partial charge on any atom is 0.265 e. The van der Waals surface area contributed by atoms with Crippen molar-refractivity contribution in [1.29, 1.82) is 0 Å². The Morgan fingerprint density at radius 1 is 1.19 bits per heavy atom. The quantitative estimate of drug-likeness (QED) is 0.169. The molecule has 238 valence electrons. The highest BCUT2D eigenvalue weighted by Gasteiger charge is 2.39. The van der Waals surface area contributed by atoms with E-state index in [2.05, 4.69) is 44.9 Å². The summed E-state index contributed by atoms with van der Waals surface area (Å²) in [6.45, 7) is 16.0. The molecular weight excluding hydrogens is 589 g/mol. The van der Waals surface area contributed by atoms with Gasteiger partial charge in [0.25, 0.3) is 10.1 Å². The van der Waals surface area contributed by atoms with Crippen LogP contribution in [0.15, 0.2) is 30.6 Å². The lowest BCUT2D eigenvalue weighted by molar-refractivity contribution is -0.0365. The Balaban J connectivity index is 1.53. The molecule has 0 amide bonds. The topological polar surface area (TPSA) is 135 Å². The van der Waals surface area contributed by atoms with E-state index in [1.54, 1.807) is 19.3 Å². The zero-order chi connectivity index (χ0) is 31.4. The second-order valence-electron chi connectivity index (χ2n) is 13.0. The second kappa shape index (κ2) is 13.6. The van der Waals surface area contributed by atoms with Gasteiger partial charge in [-0.2, -0.15) is 13.5 Å².